The number of nitriles is 1. The summed E-state index contributed by atoms with van der Waals surface area (Å²) in [5.74, 6) is 0.732. The van der Waals surface area contributed by atoms with Crippen LogP contribution in [0.1, 0.15) is 93.4 Å². The third-order valence-electron chi connectivity index (χ3n) is 13.4. The second-order valence-electron chi connectivity index (χ2n) is 16.2. The number of carbonyl (C=O) groups is 2. The van der Waals surface area contributed by atoms with Crippen LogP contribution in [-0.2, 0) is 14.3 Å². The lowest BCUT2D eigenvalue weighted by Crippen LogP contribution is -2.65. The van der Waals surface area contributed by atoms with Crippen molar-refractivity contribution in [2.45, 2.75) is 93.4 Å². The summed E-state index contributed by atoms with van der Waals surface area (Å²) in [6.07, 6.45) is 11.7. The van der Waals surface area contributed by atoms with Crippen molar-refractivity contribution < 1.29 is 14.3 Å². The lowest BCUT2D eigenvalue weighted by molar-refractivity contribution is -0.174. The van der Waals surface area contributed by atoms with Crippen molar-refractivity contribution in [3.63, 3.8) is 0 Å². The molecule has 7 atom stereocenters. The van der Waals surface area contributed by atoms with Gasteiger partial charge in [-0.1, -0.05) is 60.1 Å². The van der Waals surface area contributed by atoms with Gasteiger partial charge in [-0.25, -0.2) is 0 Å². The highest BCUT2D eigenvalue weighted by Gasteiger charge is 2.69. The number of allylic oxidation sites excluding steroid dienone is 4. The van der Waals surface area contributed by atoms with Crippen molar-refractivity contribution in [2.75, 3.05) is 26.4 Å². The van der Waals surface area contributed by atoms with E-state index >= 15 is 0 Å². The average molecular weight is 533 g/mol. The van der Waals surface area contributed by atoms with Crippen molar-refractivity contribution in [3.05, 3.63) is 23.3 Å². The number of ether oxygens (including phenoxy) is 1. The van der Waals surface area contributed by atoms with Gasteiger partial charge in [0.25, 0.3) is 0 Å². The summed E-state index contributed by atoms with van der Waals surface area (Å²) in [7, 11) is 0. The van der Waals surface area contributed by atoms with Crippen LogP contribution in [0.25, 0.3) is 0 Å². The molecule has 1 saturated heterocycles. The summed E-state index contributed by atoms with van der Waals surface area (Å²) in [5.41, 5.74) is 0.496. The number of carbonyl (C=O) groups excluding carboxylic acids is 2. The molecule has 0 unspecified atom stereocenters. The first-order valence-electron chi connectivity index (χ1n) is 15.4. The Morgan fingerprint density at radius 1 is 1.03 bits per heavy atom. The molecule has 0 amide bonds. The van der Waals surface area contributed by atoms with Crippen molar-refractivity contribution >= 4 is 11.6 Å². The Bertz CT molecular complexity index is 1220. The first-order chi connectivity index (χ1) is 18.1. The van der Waals surface area contributed by atoms with Gasteiger partial charge in [0.15, 0.2) is 11.6 Å². The SMILES string of the molecule is CC1(C)CC[C@]2(CN3CCOC3)CC[C@]3(C)[C@H](C(=O)C=C4[C@@]5(C)C=C(C#N)C(=O)C(C)(C)[C@@H]5CC[C@]43C)[C@@H]2C1. The van der Waals surface area contributed by atoms with Crippen molar-refractivity contribution in [1.29, 1.82) is 5.26 Å². The van der Waals surface area contributed by atoms with E-state index in [-0.39, 0.29) is 44.9 Å². The maximum Gasteiger partial charge on any atom is 0.178 e. The molecule has 5 aliphatic carbocycles. The molecule has 0 aromatic heterocycles. The molecule has 212 valence electrons. The fraction of sp³-hybridized carbons (Fsp3) is 0.794. The zero-order valence-corrected chi connectivity index (χ0v) is 25.3. The van der Waals surface area contributed by atoms with E-state index in [1.165, 1.54) is 18.4 Å². The molecule has 5 heteroatoms. The normalized spacial score (nSPS) is 46.7. The summed E-state index contributed by atoms with van der Waals surface area (Å²) < 4.78 is 5.75. The van der Waals surface area contributed by atoms with Gasteiger partial charge < -0.3 is 4.74 Å². The standard InChI is InChI=1S/C34H48N2O3/c1-29(2)10-12-34(20-36-14-15-39-21-36)13-11-33(7)27(23(34)18-29)24(37)16-26-31(5)17-22(19-35)28(38)30(3,4)25(31)8-9-32(26,33)6/h16-17,23,25,27H,8-15,18,20-21H2,1-7H3/t23-,25-,27-,31-,32+,33+,34+/m0/s1. The second kappa shape index (κ2) is 8.39. The van der Waals surface area contributed by atoms with Gasteiger partial charge in [0.05, 0.1) is 18.9 Å². The molecule has 4 fully saturated rings. The predicted molar refractivity (Wildman–Crippen MR) is 151 cm³/mol. The first-order valence-corrected chi connectivity index (χ1v) is 15.4. The molecule has 0 bridgehead atoms. The van der Waals surface area contributed by atoms with Crippen LogP contribution in [-0.4, -0.2) is 42.9 Å². The molecule has 1 heterocycles. The molecule has 0 aromatic carbocycles. The van der Waals surface area contributed by atoms with E-state index < -0.39 is 10.8 Å². The predicted octanol–water partition coefficient (Wildman–Crippen LogP) is 6.50. The molecule has 39 heavy (non-hydrogen) atoms. The number of hydrogen-bond donors (Lipinski definition) is 0. The van der Waals surface area contributed by atoms with Crippen molar-refractivity contribution in [1.82, 2.24) is 4.90 Å². The van der Waals surface area contributed by atoms with Gasteiger partial charge in [0.2, 0.25) is 0 Å². The second-order valence-corrected chi connectivity index (χ2v) is 16.2. The lowest BCUT2D eigenvalue weighted by atomic mass is 9.34. The number of Topliss-reactive ketones (excluding diaryl/α,β-unsaturated/α-hetero) is 1. The molecule has 5 nitrogen and oxygen atoms in total. The van der Waals surface area contributed by atoms with Gasteiger partial charge in [-0.3, -0.25) is 14.5 Å². The van der Waals surface area contributed by atoms with Crippen LogP contribution in [0.4, 0.5) is 0 Å². The van der Waals surface area contributed by atoms with Crippen LogP contribution in [0.3, 0.4) is 0 Å². The molecule has 0 spiro atoms. The molecule has 6 rings (SSSR count). The van der Waals surface area contributed by atoms with E-state index in [0.717, 1.165) is 58.5 Å². The summed E-state index contributed by atoms with van der Waals surface area (Å²) >= 11 is 0. The number of hydrogen-bond acceptors (Lipinski definition) is 5. The largest absolute Gasteiger partial charge is 0.365 e. The Labute approximate surface area is 235 Å². The van der Waals surface area contributed by atoms with E-state index in [4.69, 9.17) is 4.74 Å². The van der Waals surface area contributed by atoms with E-state index in [2.05, 4.69) is 45.6 Å². The van der Waals surface area contributed by atoms with Crippen LogP contribution in [0.5, 0.6) is 0 Å². The molecule has 0 aromatic rings. The summed E-state index contributed by atoms with van der Waals surface area (Å²) in [6.45, 7) is 19.5. The topological polar surface area (TPSA) is 70.4 Å². The first kappa shape index (κ1) is 27.4. The van der Waals surface area contributed by atoms with E-state index in [1.54, 1.807) is 0 Å². The van der Waals surface area contributed by atoms with Gasteiger partial charge >= 0.3 is 0 Å². The van der Waals surface area contributed by atoms with Crippen molar-refractivity contribution in [3.8, 4) is 6.07 Å². The molecule has 6 aliphatic rings. The minimum Gasteiger partial charge on any atom is -0.365 e. The number of fused-ring (bicyclic) bond motifs is 7. The molecule has 3 saturated carbocycles. The third kappa shape index (κ3) is 3.56. The van der Waals surface area contributed by atoms with E-state index in [9.17, 15) is 14.9 Å². The zero-order chi connectivity index (χ0) is 28.2. The Hall–Kier alpha value is -1.77. The summed E-state index contributed by atoms with van der Waals surface area (Å²) in [4.78, 5) is 30.4. The van der Waals surface area contributed by atoms with Gasteiger partial charge in [-0.15, -0.1) is 0 Å². The Kier molecular flexibility index (Phi) is 5.89. The van der Waals surface area contributed by atoms with Gasteiger partial charge in [-0.05, 0) is 84.5 Å². The fourth-order valence-corrected chi connectivity index (χ4v) is 11.0. The summed E-state index contributed by atoms with van der Waals surface area (Å²) in [6, 6.07) is 2.22. The smallest absolute Gasteiger partial charge is 0.178 e. The maximum atomic E-state index is 14.6. The zero-order valence-electron chi connectivity index (χ0n) is 25.3. The Balaban J connectivity index is 1.48. The monoisotopic (exact) mass is 532 g/mol. The maximum absolute atomic E-state index is 14.6. The highest BCUT2D eigenvalue weighted by Crippen LogP contribution is 2.74. The molecular formula is C34H48N2O3. The highest BCUT2D eigenvalue weighted by atomic mass is 16.5. The molecular weight excluding hydrogens is 484 g/mol. The minimum atomic E-state index is -0.621. The van der Waals surface area contributed by atoms with Gasteiger partial charge in [0, 0.05) is 29.8 Å². The molecule has 0 radical (unpaired) electrons. The Morgan fingerprint density at radius 2 is 1.74 bits per heavy atom. The van der Waals surface area contributed by atoms with Crippen LogP contribution in [0.15, 0.2) is 23.3 Å². The van der Waals surface area contributed by atoms with Crippen LogP contribution >= 0.6 is 0 Å². The third-order valence-corrected chi connectivity index (χ3v) is 13.4. The van der Waals surface area contributed by atoms with Crippen LogP contribution in [0, 0.1) is 61.6 Å². The lowest BCUT2D eigenvalue weighted by Gasteiger charge is -2.69. The van der Waals surface area contributed by atoms with Crippen molar-refractivity contribution in [2.24, 2.45) is 50.2 Å². The van der Waals surface area contributed by atoms with E-state index in [0.29, 0.717) is 11.7 Å². The quantitative estimate of drug-likeness (QED) is 0.406. The average Bonchev–Trinajstić information content (AvgIpc) is 3.36. The fourth-order valence-electron chi connectivity index (χ4n) is 11.0. The number of nitrogens with zero attached hydrogens (tertiary/aromatic N) is 2. The van der Waals surface area contributed by atoms with Crippen LogP contribution < -0.4 is 0 Å². The van der Waals surface area contributed by atoms with Crippen LogP contribution in [0.2, 0.25) is 0 Å². The number of ketones is 2. The minimum absolute atomic E-state index is 0.0147. The van der Waals surface area contributed by atoms with Gasteiger partial charge in [-0.2, -0.15) is 5.26 Å². The number of rotatable bonds is 2. The Morgan fingerprint density at radius 3 is 2.41 bits per heavy atom. The van der Waals surface area contributed by atoms with Gasteiger partial charge in [0.1, 0.15) is 6.07 Å². The summed E-state index contributed by atoms with van der Waals surface area (Å²) in [5, 5.41) is 9.93. The highest BCUT2D eigenvalue weighted by molar-refractivity contribution is 6.04. The molecule has 0 N–H and O–H groups in total. The van der Waals surface area contributed by atoms with E-state index in [1.807, 2.05) is 26.0 Å². The molecule has 1 aliphatic heterocycles.